The highest BCUT2D eigenvalue weighted by atomic mass is 79.9. The zero-order valence-electron chi connectivity index (χ0n) is 12.3. The van der Waals surface area contributed by atoms with Crippen LogP contribution in [-0.2, 0) is 0 Å². The number of ether oxygens (including phenoxy) is 1. The summed E-state index contributed by atoms with van der Waals surface area (Å²) in [6.45, 7) is 4.62. The van der Waals surface area contributed by atoms with E-state index in [9.17, 15) is 0 Å². The molecule has 1 aromatic heterocycles. The molecule has 2 aromatic rings. The lowest BCUT2D eigenvalue weighted by Crippen LogP contribution is -2.08. The molecule has 0 unspecified atom stereocenters. The number of rotatable bonds is 6. The summed E-state index contributed by atoms with van der Waals surface area (Å²) in [4.78, 5) is 12.7. The van der Waals surface area contributed by atoms with Crippen LogP contribution in [0, 0.1) is 6.92 Å². The van der Waals surface area contributed by atoms with Crippen molar-refractivity contribution in [3.05, 3.63) is 28.2 Å². The highest BCUT2D eigenvalue weighted by Crippen LogP contribution is 2.23. The Hall–Kier alpha value is -1.89. The summed E-state index contributed by atoms with van der Waals surface area (Å²) in [5.74, 6) is 0.916. The zero-order valence-corrected chi connectivity index (χ0v) is 13.9. The monoisotopic (exact) mass is 351 g/mol. The molecule has 0 aliphatic heterocycles. The number of hydrogen-bond acceptors (Lipinski definition) is 6. The van der Waals surface area contributed by atoms with Crippen LogP contribution in [0.3, 0.4) is 0 Å². The molecule has 2 N–H and O–H groups in total. The number of nitrogens with zero attached hydrogens (tertiary/aromatic N) is 3. The van der Waals surface area contributed by atoms with Crippen LogP contribution in [-0.4, -0.2) is 28.6 Å². The van der Waals surface area contributed by atoms with Gasteiger partial charge in [-0.3, -0.25) is 0 Å². The maximum Gasteiger partial charge on any atom is 0.323 e. The van der Waals surface area contributed by atoms with E-state index in [1.54, 1.807) is 7.05 Å². The lowest BCUT2D eigenvalue weighted by molar-refractivity contribution is 0.292. The van der Waals surface area contributed by atoms with Crippen LogP contribution in [0.4, 0.5) is 17.6 Å². The minimum Gasteiger partial charge on any atom is -0.463 e. The van der Waals surface area contributed by atoms with Gasteiger partial charge in [0.2, 0.25) is 11.9 Å². The van der Waals surface area contributed by atoms with Crippen LogP contribution < -0.4 is 15.4 Å². The number of benzene rings is 1. The molecule has 0 amide bonds. The molecule has 6 nitrogen and oxygen atoms in total. The Bertz CT molecular complexity index is 620. The van der Waals surface area contributed by atoms with E-state index in [1.807, 2.05) is 32.0 Å². The Kier molecular flexibility index (Phi) is 5.32. The smallest absolute Gasteiger partial charge is 0.323 e. The first-order chi connectivity index (χ1) is 10.1. The molecule has 2 rings (SSSR count). The number of halogens is 1. The Morgan fingerprint density at radius 1 is 1.19 bits per heavy atom. The molecule has 0 fully saturated rings. The summed E-state index contributed by atoms with van der Waals surface area (Å²) in [6.07, 6.45) is 0.898. The first-order valence-electron chi connectivity index (χ1n) is 6.72. The summed E-state index contributed by atoms with van der Waals surface area (Å²) < 4.78 is 6.51. The first-order valence-corrected chi connectivity index (χ1v) is 7.51. The van der Waals surface area contributed by atoms with Gasteiger partial charge in [-0.2, -0.15) is 15.0 Å². The molecular formula is C14H18BrN5O. The van der Waals surface area contributed by atoms with Crippen LogP contribution >= 0.6 is 15.9 Å². The van der Waals surface area contributed by atoms with Gasteiger partial charge in [0.05, 0.1) is 6.61 Å². The number of aromatic nitrogens is 3. The topological polar surface area (TPSA) is 72.0 Å². The van der Waals surface area contributed by atoms with E-state index >= 15 is 0 Å². The third kappa shape index (κ3) is 4.29. The van der Waals surface area contributed by atoms with Gasteiger partial charge in [-0.15, -0.1) is 0 Å². The summed E-state index contributed by atoms with van der Waals surface area (Å²) in [5, 5.41) is 6.09. The van der Waals surface area contributed by atoms with Crippen molar-refractivity contribution in [1.82, 2.24) is 15.0 Å². The SMILES string of the molecule is CCCOc1nc(NC)nc(Nc2ccc(Br)cc2C)n1. The van der Waals surface area contributed by atoms with Crippen LogP contribution in [0.25, 0.3) is 0 Å². The van der Waals surface area contributed by atoms with Crippen molar-refractivity contribution in [3.8, 4) is 6.01 Å². The van der Waals surface area contributed by atoms with E-state index in [1.165, 1.54) is 0 Å². The summed E-state index contributed by atoms with van der Waals surface area (Å²) in [5.41, 5.74) is 2.03. The number of nitrogens with one attached hydrogen (secondary N) is 2. The Labute approximate surface area is 132 Å². The molecule has 7 heteroatoms. The minimum absolute atomic E-state index is 0.313. The van der Waals surface area contributed by atoms with Crippen LogP contribution in [0.15, 0.2) is 22.7 Å². The molecule has 21 heavy (non-hydrogen) atoms. The number of hydrogen-bond donors (Lipinski definition) is 2. The predicted molar refractivity (Wildman–Crippen MR) is 87.3 cm³/mol. The van der Waals surface area contributed by atoms with Crippen molar-refractivity contribution in [2.75, 3.05) is 24.3 Å². The lowest BCUT2D eigenvalue weighted by atomic mass is 10.2. The van der Waals surface area contributed by atoms with Gasteiger partial charge in [-0.1, -0.05) is 22.9 Å². The summed E-state index contributed by atoms with van der Waals surface area (Å²) >= 11 is 3.45. The maximum atomic E-state index is 5.48. The van der Waals surface area contributed by atoms with Gasteiger partial charge in [-0.05, 0) is 37.1 Å². The van der Waals surface area contributed by atoms with Gasteiger partial charge in [0.1, 0.15) is 0 Å². The molecule has 0 saturated heterocycles. The molecule has 112 valence electrons. The van der Waals surface area contributed by atoms with E-state index in [-0.39, 0.29) is 0 Å². The highest BCUT2D eigenvalue weighted by molar-refractivity contribution is 9.10. The normalized spacial score (nSPS) is 10.3. The van der Waals surface area contributed by atoms with Crippen LogP contribution in [0.1, 0.15) is 18.9 Å². The second-order valence-corrected chi connectivity index (χ2v) is 5.36. The standard InChI is InChI=1S/C14H18BrN5O/c1-4-7-21-14-19-12(16-3)18-13(20-14)17-11-6-5-10(15)8-9(11)2/h5-6,8H,4,7H2,1-3H3,(H2,16,17,18,19,20). The predicted octanol–water partition coefficient (Wildman–Crippen LogP) is 3.52. The highest BCUT2D eigenvalue weighted by Gasteiger charge is 2.08. The van der Waals surface area contributed by atoms with E-state index < -0.39 is 0 Å². The zero-order chi connectivity index (χ0) is 15.2. The maximum absolute atomic E-state index is 5.48. The Balaban J connectivity index is 2.25. The quantitative estimate of drug-likeness (QED) is 0.829. The third-order valence-electron chi connectivity index (χ3n) is 2.71. The van der Waals surface area contributed by atoms with E-state index in [4.69, 9.17) is 4.74 Å². The fraction of sp³-hybridized carbons (Fsp3) is 0.357. The van der Waals surface area contributed by atoms with Gasteiger partial charge in [0.25, 0.3) is 0 Å². The van der Waals surface area contributed by atoms with E-state index in [2.05, 4.69) is 41.5 Å². The molecule has 0 saturated carbocycles. The van der Waals surface area contributed by atoms with Crippen molar-refractivity contribution in [2.24, 2.45) is 0 Å². The second kappa shape index (κ2) is 7.21. The molecule has 1 aromatic carbocycles. The molecule has 0 aliphatic rings. The number of anilines is 3. The Morgan fingerprint density at radius 2 is 1.95 bits per heavy atom. The first kappa shape index (κ1) is 15.5. The average molecular weight is 352 g/mol. The largest absolute Gasteiger partial charge is 0.463 e. The van der Waals surface area contributed by atoms with Gasteiger partial charge in [0, 0.05) is 17.2 Å². The molecule has 0 bridgehead atoms. The number of aryl methyl sites for hydroxylation is 1. The van der Waals surface area contributed by atoms with Crippen molar-refractivity contribution in [1.29, 1.82) is 0 Å². The van der Waals surface area contributed by atoms with Gasteiger partial charge < -0.3 is 15.4 Å². The van der Waals surface area contributed by atoms with Crippen molar-refractivity contribution >= 4 is 33.5 Å². The molecule has 1 heterocycles. The second-order valence-electron chi connectivity index (χ2n) is 4.45. The van der Waals surface area contributed by atoms with E-state index in [0.29, 0.717) is 24.5 Å². The van der Waals surface area contributed by atoms with Gasteiger partial charge in [0.15, 0.2) is 0 Å². The molecule has 0 aliphatic carbocycles. The molecule has 0 atom stereocenters. The van der Waals surface area contributed by atoms with E-state index in [0.717, 1.165) is 22.1 Å². The fourth-order valence-corrected chi connectivity index (χ4v) is 2.15. The lowest BCUT2D eigenvalue weighted by Gasteiger charge is -2.11. The average Bonchev–Trinajstić information content (AvgIpc) is 2.48. The molecule has 0 radical (unpaired) electrons. The summed E-state index contributed by atoms with van der Waals surface area (Å²) in [6, 6.07) is 6.27. The molecule has 0 spiro atoms. The van der Waals surface area contributed by atoms with Crippen molar-refractivity contribution in [3.63, 3.8) is 0 Å². The summed E-state index contributed by atoms with van der Waals surface area (Å²) in [7, 11) is 1.76. The third-order valence-corrected chi connectivity index (χ3v) is 3.20. The van der Waals surface area contributed by atoms with Crippen LogP contribution in [0.5, 0.6) is 6.01 Å². The van der Waals surface area contributed by atoms with Crippen molar-refractivity contribution in [2.45, 2.75) is 20.3 Å². The van der Waals surface area contributed by atoms with Gasteiger partial charge >= 0.3 is 6.01 Å². The van der Waals surface area contributed by atoms with Crippen LogP contribution in [0.2, 0.25) is 0 Å². The van der Waals surface area contributed by atoms with Gasteiger partial charge in [-0.25, -0.2) is 0 Å². The van der Waals surface area contributed by atoms with Crippen molar-refractivity contribution < 1.29 is 4.74 Å². The fourth-order valence-electron chi connectivity index (χ4n) is 1.67. The molecular weight excluding hydrogens is 334 g/mol. The Morgan fingerprint density at radius 3 is 2.62 bits per heavy atom. The minimum atomic E-state index is 0.313.